The van der Waals surface area contributed by atoms with Gasteiger partial charge in [0, 0.05) is 6.61 Å². The van der Waals surface area contributed by atoms with Gasteiger partial charge in [-0.05, 0) is 83.5 Å². The van der Waals surface area contributed by atoms with E-state index in [1.807, 2.05) is 27.2 Å². The molecule has 0 aromatic heterocycles. The molecule has 9 heteroatoms. The average molecular weight is 841 g/mol. The van der Waals surface area contributed by atoms with Crippen molar-refractivity contribution >= 4 is 13.8 Å². The number of phosphoric acid groups is 1. The molecular weight excluding hydrogens is 758 g/mol. The Morgan fingerprint density at radius 1 is 0.525 bits per heavy atom. The fourth-order valence-electron chi connectivity index (χ4n) is 5.18. The number of allylic oxidation sites excluding steroid dienone is 19. The minimum absolute atomic E-state index is 0.0612. The quantitative estimate of drug-likeness (QED) is 0.0217. The molecule has 0 aromatic carbocycles. The number of hydrogen-bond acceptors (Lipinski definition) is 6. The molecule has 59 heavy (non-hydrogen) atoms. The molecule has 0 aliphatic rings. The first kappa shape index (κ1) is 55.9. The van der Waals surface area contributed by atoms with Gasteiger partial charge < -0.3 is 18.9 Å². The zero-order chi connectivity index (χ0) is 43.4. The van der Waals surface area contributed by atoms with Gasteiger partial charge in [0.1, 0.15) is 19.3 Å². The van der Waals surface area contributed by atoms with Crippen LogP contribution in [0.4, 0.5) is 0 Å². The SMILES string of the molecule is CC/C=C\C/C=C\C/C=C\C/C=C\C/C=C\CCCCCCCCOCC(COP(=O)(O)OCC[N+](C)(C)C)OC(=O)C/C=C\C/C=C\C/C=C\C/C=C\C/C=C\CC. The Bertz CT molecular complexity index is 1350. The number of nitrogens with zero attached hydrogens (tertiary/aromatic N) is 1. The van der Waals surface area contributed by atoms with E-state index in [4.69, 9.17) is 18.5 Å². The van der Waals surface area contributed by atoms with Crippen molar-refractivity contribution in [2.75, 3.05) is 54.1 Å². The molecule has 334 valence electrons. The Labute approximate surface area is 361 Å². The molecule has 0 bridgehead atoms. The van der Waals surface area contributed by atoms with Crippen LogP contribution < -0.4 is 0 Å². The van der Waals surface area contributed by atoms with Crippen LogP contribution >= 0.6 is 7.82 Å². The topological polar surface area (TPSA) is 91.3 Å². The average Bonchev–Trinajstić information content (AvgIpc) is 3.19. The Morgan fingerprint density at radius 3 is 1.39 bits per heavy atom. The van der Waals surface area contributed by atoms with Gasteiger partial charge in [-0.25, -0.2) is 4.57 Å². The highest BCUT2D eigenvalue weighted by Gasteiger charge is 2.26. The zero-order valence-electron chi connectivity index (χ0n) is 37.7. The molecule has 2 unspecified atom stereocenters. The Morgan fingerprint density at radius 2 is 0.932 bits per heavy atom. The van der Waals surface area contributed by atoms with E-state index in [9.17, 15) is 14.3 Å². The summed E-state index contributed by atoms with van der Waals surface area (Å²) in [4.78, 5) is 22.8. The summed E-state index contributed by atoms with van der Waals surface area (Å²) >= 11 is 0. The molecule has 0 saturated heterocycles. The monoisotopic (exact) mass is 841 g/mol. The lowest BCUT2D eigenvalue weighted by Gasteiger charge is -2.24. The number of quaternary nitrogens is 1. The smallest absolute Gasteiger partial charge is 0.457 e. The summed E-state index contributed by atoms with van der Waals surface area (Å²) in [5.74, 6) is -0.452. The molecule has 0 aromatic rings. The van der Waals surface area contributed by atoms with E-state index in [0.717, 1.165) is 83.5 Å². The van der Waals surface area contributed by atoms with Crippen molar-refractivity contribution in [3.8, 4) is 0 Å². The van der Waals surface area contributed by atoms with Crippen molar-refractivity contribution in [3.05, 3.63) is 122 Å². The second kappa shape index (κ2) is 41.6. The van der Waals surface area contributed by atoms with Crippen molar-refractivity contribution in [1.29, 1.82) is 0 Å². The van der Waals surface area contributed by atoms with Gasteiger partial charge in [-0.3, -0.25) is 13.8 Å². The van der Waals surface area contributed by atoms with Crippen LogP contribution in [0.2, 0.25) is 0 Å². The maximum atomic E-state index is 12.6. The predicted octanol–water partition coefficient (Wildman–Crippen LogP) is 13.4. The highest BCUT2D eigenvalue weighted by Crippen LogP contribution is 2.43. The molecular formula is C50H83NO7P+. The summed E-state index contributed by atoms with van der Waals surface area (Å²) in [6.07, 6.45) is 59.8. The minimum Gasteiger partial charge on any atom is -0.457 e. The van der Waals surface area contributed by atoms with Crippen molar-refractivity contribution in [3.63, 3.8) is 0 Å². The number of esters is 1. The molecule has 1 N–H and O–H groups in total. The summed E-state index contributed by atoms with van der Waals surface area (Å²) in [6.45, 7) is 5.17. The van der Waals surface area contributed by atoms with E-state index in [1.54, 1.807) is 6.08 Å². The third-order valence-electron chi connectivity index (χ3n) is 8.55. The first-order valence-corrected chi connectivity index (χ1v) is 23.8. The third kappa shape index (κ3) is 45.8. The number of ether oxygens (including phenoxy) is 2. The van der Waals surface area contributed by atoms with Crippen molar-refractivity contribution < 1.29 is 37.3 Å². The summed E-state index contributed by atoms with van der Waals surface area (Å²) in [6, 6.07) is 0. The molecule has 0 aliphatic carbocycles. The van der Waals surface area contributed by atoms with Gasteiger partial charge in [0.2, 0.25) is 0 Å². The van der Waals surface area contributed by atoms with Crippen LogP contribution in [0, 0.1) is 0 Å². The largest absolute Gasteiger partial charge is 0.472 e. The number of carbonyl (C=O) groups excluding carboxylic acids is 1. The van der Waals surface area contributed by atoms with Crippen LogP contribution in [-0.2, 0) is 27.9 Å². The number of rotatable bonds is 39. The first-order valence-electron chi connectivity index (χ1n) is 22.3. The summed E-state index contributed by atoms with van der Waals surface area (Å²) in [5.41, 5.74) is 0. The van der Waals surface area contributed by atoms with Crippen LogP contribution in [0.3, 0.4) is 0 Å². The van der Waals surface area contributed by atoms with Gasteiger partial charge in [0.25, 0.3) is 0 Å². The number of hydrogen-bond donors (Lipinski definition) is 1. The summed E-state index contributed by atoms with van der Waals surface area (Å²) in [7, 11) is 1.58. The second-order valence-corrected chi connectivity index (χ2v) is 16.8. The van der Waals surface area contributed by atoms with Gasteiger partial charge in [-0.15, -0.1) is 0 Å². The Kier molecular flexibility index (Phi) is 39.4. The second-order valence-electron chi connectivity index (χ2n) is 15.3. The summed E-state index contributed by atoms with van der Waals surface area (Å²) < 4.78 is 34.8. The number of unbranched alkanes of at least 4 members (excludes halogenated alkanes) is 6. The Balaban J connectivity index is 4.38. The van der Waals surface area contributed by atoms with Gasteiger partial charge >= 0.3 is 13.8 Å². The lowest BCUT2D eigenvalue weighted by atomic mass is 10.1. The molecule has 0 fully saturated rings. The van der Waals surface area contributed by atoms with Gasteiger partial charge in [0.05, 0.1) is 40.8 Å². The first-order chi connectivity index (χ1) is 28.6. The lowest BCUT2D eigenvalue weighted by molar-refractivity contribution is -0.870. The number of phosphoric ester groups is 1. The van der Waals surface area contributed by atoms with E-state index in [-0.39, 0.29) is 26.2 Å². The maximum Gasteiger partial charge on any atom is 0.472 e. The van der Waals surface area contributed by atoms with Crippen LogP contribution in [0.15, 0.2) is 122 Å². The molecule has 0 amide bonds. The zero-order valence-corrected chi connectivity index (χ0v) is 38.6. The van der Waals surface area contributed by atoms with Gasteiger partial charge in [-0.2, -0.15) is 0 Å². The van der Waals surface area contributed by atoms with Crippen molar-refractivity contribution in [1.82, 2.24) is 0 Å². The van der Waals surface area contributed by atoms with Crippen molar-refractivity contribution in [2.24, 2.45) is 0 Å². The molecule has 0 heterocycles. The molecule has 0 saturated carbocycles. The minimum atomic E-state index is -4.31. The van der Waals surface area contributed by atoms with E-state index >= 15 is 0 Å². The molecule has 0 aliphatic heterocycles. The molecule has 2 atom stereocenters. The fraction of sp³-hybridized carbons (Fsp3) is 0.580. The van der Waals surface area contributed by atoms with E-state index in [2.05, 4.69) is 123 Å². The molecule has 0 spiro atoms. The third-order valence-corrected chi connectivity index (χ3v) is 9.54. The van der Waals surface area contributed by atoms with Gasteiger partial charge in [0.15, 0.2) is 0 Å². The van der Waals surface area contributed by atoms with Crippen LogP contribution in [0.1, 0.15) is 129 Å². The normalized spacial score (nSPS) is 14.9. The van der Waals surface area contributed by atoms with E-state index in [0.29, 0.717) is 24.1 Å². The number of likely N-dealkylation sites (N-methyl/N-ethyl adjacent to an activating group) is 1. The molecule has 0 rings (SSSR count). The highest BCUT2D eigenvalue weighted by atomic mass is 31.2. The standard InChI is InChI=1S/C50H82NO7P/c1-6-8-10-12-14-16-18-20-22-23-24-25-26-27-28-30-32-34-36-38-40-42-45-55-47-49(48-57-59(53,54)56-46-44-51(3,4)5)58-50(52)43-41-39-37-35-33-31-29-21-19-17-15-13-11-9-7-2/h8-11,14-17,20-22,24-25,27-29,33,35,39,41,49H,6-7,12-13,18-19,23,26,30-32,34,36-38,40,42-48H2,1-5H3/p+1/b10-8-,11-9-,16-14-,17-15-,22-20-,25-24-,28-27-,29-21-,35-33-,41-39-. The van der Waals surface area contributed by atoms with Crippen LogP contribution in [0.25, 0.3) is 0 Å². The van der Waals surface area contributed by atoms with Crippen molar-refractivity contribution in [2.45, 2.75) is 136 Å². The maximum absolute atomic E-state index is 12.6. The highest BCUT2D eigenvalue weighted by molar-refractivity contribution is 7.47. The Hall–Kier alpha value is -3.10. The van der Waals surface area contributed by atoms with Crippen LogP contribution in [0.5, 0.6) is 0 Å². The lowest BCUT2D eigenvalue weighted by Crippen LogP contribution is -2.37. The summed E-state index contributed by atoms with van der Waals surface area (Å²) in [5, 5.41) is 0. The predicted molar refractivity (Wildman–Crippen MR) is 251 cm³/mol. The number of carbonyl (C=O) groups is 1. The van der Waals surface area contributed by atoms with Gasteiger partial charge in [-0.1, -0.05) is 161 Å². The molecule has 8 nitrogen and oxygen atoms in total. The fourth-order valence-corrected chi connectivity index (χ4v) is 5.92. The van der Waals surface area contributed by atoms with E-state index in [1.165, 1.54) is 19.3 Å². The molecule has 0 radical (unpaired) electrons. The van der Waals surface area contributed by atoms with Crippen LogP contribution in [-0.4, -0.2) is 75.6 Å². The van der Waals surface area contributed by atoms with E-state index < -0.39 is 19.9 Å².